The Labute approximate surface area is 142 Å². The van der Waals surface area contributed by atoms with Gasteiger partial charge in [-0.2, -0.15) is 0 Å². The van der Waals surface area contributed by atoms with Crippen LogP contribution in [0.3, 0.4) is 0 Å². The molecule has 1 amide bonds. The number of hydrogen-bond donors (Lipinski definition) is 1. The Bertz CT molecular complexity index is 825. The molecular weight excluding hydrogens is 332 g/mol. The van der Waals surface area contributed by atoms with Crippen LogP contribution in [-0.2, 0) is 11.3 Å². The van der Waals surface area contributed by atoms with E-state index in [0.29, 0.717) is 12.2 Å². The number of halogens is 2. The fraction of sp³-hybridized carbons (Fsp3) is 0.333. The predicted octanol–water partition coefficient (Wildman–Crippen LogP) is 3.33. The molecule has 5 nitrogen and oxygen atoms in total. The highest BCUT2D eigenvalue weighted by molar-refractivity contribution is 5.89. The van der Waals surface area contributed by atoms with Gasteiger partial charge in [-0.15, -0.1) is 0 Å². The molecule has 7 heteroatoms. The van der Waals surface area contributed by atoms with E-state index >= 15 is 0 Å². The van der Waals surface area contributed by atoms with Gasteiger partial charge in [0.25, 0.3) is 0 Å². The number of rotatable bonds is 5. The summed E-state index contributed by atoms with van der Waals surface area (Å²) in [4.78, 5) is 24.9. The van der Waals surface area contributed by atoms with Crippen molar-refractivity contribution >= 4 is 11.9 Å². The van der Waals surface area contributed by atoms with Crippen molar-refractivity contribution in [2.24, 2.45) is 5.92 Å². The number of aromatic carboxylic acids is 1. The van der Waals surface area contributed by atoms with Crippen molar-refractivity contribution in [3.63, 3.8) is 0 Å². The summed E-state index contributed by atoms with van der Waals surface area (Å²) in [6.07, 6.45) is 0.387. The highest BCUT2D eigenvalue weighted by Gasteiger charge is 2.47. The molecule has 1 N–H and O–H groups in total. The van der Waals surface area contributed by atoms with E-state index in [2.05, 4.69) is 0 Å². The van der Waals surface area contributed by atoms with Gasteiger partial charge in [0.1, 0.15) is 28.7 Å². The summed E-state index contributed by atoms with van der Waals surface area (Å²) in [6, 6.07) is 5.03. The standard InChI is InChI=1S/C18H17F2NO4/c1-9-11(18(23)24)6-10(25-9)8-21(2)17(22)13-7-12(13)16-14(19)4-3-5-15(16)20/h3-6,12-13H,7-8H2,1-2H3,(H,23,24)/t12-,13+/m0/s1. The van der Waals surface area contributed by atoms with Crippen molar-refractivity contribution in [3.8, 4) is 0 Å². The molecule has 1 aliphatic carbocycles. The molecule has 25 heavy (non-hydrogen) atoms. The number of carbonyl (C=O) groups excluding carboxylic acids is 1. The number of aryl methyl sites for hydroxylation is 1. The lowest BCUT2D eigenvalue weighted by atomic mass is 10.1. The largest absolute Gasteiger partial charge is 0.478 e. The number of carboxylic acid groups (broad SMARTS) is 1. The number of furan rings is 1. The normalized spacial score (nSPS) is 18.9. The number of benzene rings is 1. The molecule has 1 aliphatic rings. The molecule has 0 unspecified atom stereocenters. The predicted molar refractivity (Wildman–Crippen MR) is 84.1 cm³/mol. The van der Waals surface area contributed by atoms with Gasteiger partial charge >= 0.3 is 5.97 Å². The summed E-state index contributed by atoms with van der Waals surface area (Å²) in [7, 11) is 1.55. The first kappa shape index (κ1) is 17.1. The van der Waals surface area contributed by atoms with Gasteiger partial charge in [-0.05, 0) is 31.5 Å². The molecule has 1 aromatic carbocycles. The third-order valence-corrected chi connectivity index (χ3v) is 4.45. The second-order valence-electron chi connectivity index (χ2n) is 6.27. The first-order valence-electron chi connectivity index (χ1n) is 7.81. The Hall–Kier alpha value is -2.70. The molecule has 0 bridgehead atoms. The first-order chi connectivity index (χ1) is 11.8. The average Bonchev–Trinajstić information content (AvgIpc) is 3.22. The highest BCUT2D eigenvalue weighted by atomic mass is 19.1. The lowest BCUT2D eigenvalue weighted by Crippen LogP contribution is -2.28. The summed E-state index contributed by atoms with van der Waals surface area (Å²) >= 11 is 0. The SMILES string of the molecule is Cc1oc(CN(C)C(=O)[C@@H]2C[C@@H]2c2c(F)cccc2F)cc1C(=O)O. The fourth-order valence-corrected chi connectivity index (χ4v) is 3.08. The maximum atomic E-state index is 13.8. The van der Waals surface area contributed by atoms with E-state index in [-0.39, 0.29) is 29.3 Å². The molecule has 0 spiro atoms. The van der Waals surface area contributed by atoms with Crippen LogP contribution in [0.2, 0.25) is 0 Å². The number of hydrogen-bond acceptors (Lipinski definition) is 3. The van der Waals surface area contributed by atoms with Gasteiger partial charge in [0.05, 0.1) is 6.54 Å². The third-order valence-electron chi connectivity index (χ3n) is 4.45. The maximum Gasteiger partial charge on any atom is 0.339 e. The number of carbonyl (C=O) groups is 2. The molecule has 2 aromatic rings. The molecule has 0 saturated heterocycles. The minimum absolute atomic E-state index is 0.0451. The van der Waals surface area contributed by atoms with Crippen LogP contribution in [0.5, 0.6) is 0 Å². The number of nitrogens with zero attached hydrogens (tertiary/aromatic N) is 1. The van der Waals surface area contributed by atoms with Crippen LogP contribution in [0, 0.1) is 24.5 Å². The van der Waals surface area contributed by atoms with E-state index in [0.717, 1.165) is 0 Å². The molecule has 0 aliphatic heterocycles. The minimum Gasteiger partial charge on any atom is -0.478 e. The van der Waals surface area contributed by atoms with E-state index < -0.39 is 29.4 Å². The van der Waals surface area contributed by atoms with E-state index in [1.165, 1.54) is 36.1 Å². The molecule has 2 atom stereocenters. The Morgan fingerprint density at radius 3 is 2.52 bits per heavy atom. The Kier molecular flexibility index (Phi) is 4.32. The van der Waals surface area contributed by atoms with Gasteiger partial charge in [0.2, 0.25) is 5.91 Å². The molecule has 1 heterocycles. The number of amides is 1. The van der Waals surface area contributed by atoms with Crippen molar-refractivity contribution in [2.75, 3.05) is 7.05 Å². The van der Waals surface area contributed by atoms with Crippen molar-refractivity contribution in [1.29, 1.82) is 0 Å². The zero-order chi connectivity index (χ0) is 18.3. The quantitative estimate of drug-likeness (QED) is 0.899. The van der Waals surface area contributed by atoms with Gasteiger partial charge < -0.3 is 14.4 Å². The minimum atomic E-state index is -1.10. The van der Waals surface area contributed by atoms with Gasteiger partial charge in [-0.25, -0.2) is 13.6 Å². The fourth-order valence-electron chi connectivity index (χ4n) is 3.08. The van der Waals surface area contributed by atoms with Crippen molar-refractivity contribution in [2.45, 2.75) is 25.8 Å². The zero-order valence-corrected chi connectivity index (χ0v) is 13.8. The zero-order valence-electron chi connectivity index (χ0n) is 13.8. The second kappa shape index (κ2) is 6.31. The third kappa shape index (κ3) is 3.26. The van der Waals surface area contributed by atoms with Crippen molar-refractivity contribution < 1.29 is 27.9 Å². The summed E-state index contributed by atoms with van der Waals surface area (Å²) < 4.78 is 33.0. The molecule has 0 radical (unpaired) electrons. The summed E-state index contributed by atoms with van der Waals surface area (Å²) in [5.74, 6) is -2.97. The van der Waals surface area contributed by atoms with Crippen LogP contribution in [0.25, 0.3) is 0 Å². The Morgan fingerprint density at radius 2 is 1.96 bits per heavy atom. The van der Waals surface area contributed by atoms with E-state index in [9.17, 15) is 18.4 Å². The average molecular weight is 349 g/mol. The van der Waals surface area contributed by atoms with Crippen LogP contribution in [0.1, 0.15) is 39.8 Å². The molecule has 1 fully saturated rings. The van der Waals surface area contributed by atoms with Gasteiger partial charge in [0, 0.05) is 24.4 Å². The van der Waals surface area contributed by atoms with Crippen molar-refractivity contribution in [1.82, 2.24) is 4.90 Å². The van der Waals surface area contributed by atoms with E-state index in [1.54, 1.807) is 7.05 Å². The molecular formula is C18H17F2NO4. The Balaban J connectivity index is 1.68. The maximum absolute atomic E-state index is 13.8. The second-order valence-corrected chi connectivity index (χ2v) is 6.27. The lowest BCUT2D eigenvalue weighted by Gasteiger charge is -2.16. The van der Waals surface area contributed by atoms with Crippen LogP contribution in [0.4, 0.5) is 8.78 Å². The summed E-state index contributed by atoms with van der Waals surface area (Å²) in [5.41, 5.74) is 0.00447. The van der Waals surface area contributed by atoms with Gasteiger partial charge in [0.15, 0.2) is 0 Å². The van der Waals surface area contributed by atoms with Gasteiger partial charge in [-0.1, -0.05) is 6.07 Å². The first-order valence-corrected chi connectivity index (χ1v) is 7.81. The van der Waals surface area contributed by atoms with E-state index in [1.807, 2.05) is 0 Å². The molecule has 132 valence electrons. The summed E-state index contributed by atoms with van der Waals surface area (Å²) in [5, 5.41) is 9.02. The van der Waals surface area contributed by atoms with Crippen LogP contribution >= 0.6 is 0 Å². The smallest absolute Gasteiger partial charge is 0.339 e. The summed E-state index contributed by atoms with van der Waals surface area (Å²) in [6.45, 7) is 1.63. The monoisotopic (exact) mass is 349 g/mol. The number of carboxylic acids is 1. The molecule has 1 saturated carbocycles. The lowest BCUT2D eigenvalue weighted by molar-refractivity contribution is -0.132. The van der Waals surface area contributed by atoms with Crippen LogP contribution < -0.4 is 0 Å². The van der Waals surface area contributed by atoms with Crippen molar-refractivity contribution in [3.05, 3.63) is 58.5 Å². The van der Waals surface area contributed by atoms with Gasteiger partial charge in [-0.3, -0.25) is 4.79 Å². The molecule has 3 rings (SSSR count). The molecule has 1 aromatic heterocycles. The topological polar surface area (TPSA) is 70.8 Å². The Morgan fingerprint density at radius 1 is 1.32 bits per heavy atom. The van der Waals surface area contributed by atoms with Crippen LogP contribution in [0.15, 0.2) is 28.7 Å². The van der Waals surface area contributed by atoms with E-state index in [4.69, 9.17) is 9.52 Å². The highest BCUT2D eigenvalue weighted by Crippen LogP contribution is 2.50. The van der Waals surface area contributed by atoms with Crippen LogP contribution in [-0.4, -0.2) is 28.9 Å².